The molecule has 0 saturated carbocycles. The lowest BCUT2D eigenvalue weighted by Gasteiger charge is -2.45. The van der Waals surface area contributed by atoms with Crippen molar-refractivity contribution in [2.24, 2.45) is 5.73 Å². The number of hydrogen-bond acceptors (Lipinski definition) is 5. The fourth-order valence-electron chi connectivity index (χ4n) is 1.67. The molecular weight excluding hydrogens is 240 g/mol. The van der Waals surface area contributed by atoms with Crippen LogP contribution >= 0.6 is 11.8 Å². The van der Waals surface area contributed by atoms with Crippen LogP contribution in [0, 0.1) is 0 Å². The summed E-state index contributed by atoms with van der Waals surface area (Å²) in [4.78, 5) is 24.8. The number of thioether (sulfide) groups is 1. The molecular formula is C11H16N2O3S. The molecule has 2 aliphatic rings. The van der Waals surface area contributed by atoms with Gasteiger partial charge in [0, 0.05) is 12.0 Å². The molecule has 1 saturated heterocycles. The summed E-state index contributed by atoms with van der Waals surface area (Å²) in [6.45, 7) is 5.44. The van der Waals surface area contributed by atoms with Crippen LogP contribution in [0.3, 0.4) is 0 Å². The van der Waals surface area contributed by atoms with E-state index in [1.54, 1.807) is 6.20 Å². The molecule has 6 heteroatoms. The normalized spacial score (nSPS) is 28.1. The lowest BCUT2D eigenvalue weighted by atomic mass is 10.1. The van der Waals surface area contributed by atoms with Crippen molar-refractivity contribution in [2.45, 2.75) is 37.8 Å². The van der Waals surface area contributed by atoms with Gasteiger partial charge in [0.15, 0.2) is 0 Å². The molecule has 0 spiro atoms. The van der Waals surface area contributed by atoms with Gasteiger partial charge in [0.2, 0.25) is 5.91 Å². The van der Waals surface area contributed by atoms with Crippen molar-refractivity contribution >= 4 is 23.6 Å². The van der Waals surface area contributed by atoms with Crippen LogP contribution in [0.15, 0.2) is 11.8 Å². The Kier molecular flexibility index (Phi) is 2.95. The number of nitrogens with zero attached hydrogens (tertiary/aromatic N) is 1. The van der Waals surface area contributed by atoms with Crippen molar-refractivity contribution in [3.8, 4) is 0 Å². The molecule has 2 N–H and O–H groups in total. The molecule has 1 amide bonds. The highest BCUT2D eigenvalue weighted by Gasteiger charge is 2.47. The number of esters is 1. The first-order valence-electron chi connectivity index (χ1n) is 5.43. The first-order chi connectivity index (χ1) is 7.79. The Morgan fingerprint density at radius 3 is 2.82 bits per heavy atom. The molecule has 2 aliphatic heterocycles. The first kappa shape index (κ1) is 12.4. The van der Waals surface area contributed by atoms with Gasteiger partial charge in [-0.1, -0.05) is 0 Å². The van der Waals surface area contributed by atoms with Gasteiger partial charge in [-0.05, 0) is 20.8 Å². The van der Waals surface area contributed by atoms with Gasteiger partial charge in [-0.2, -0.15) is 0 Å². The lowest BCUT2D eigenvalue weighted by molar-refractivity contribution is -0.150. The average molecular weight is 256 g/mol. The Hall–Kier alpha value is -1.01. The molecule has 0 radical (unpaired) electrons. The molecule has 0 aromatic carbocycles. The summed E-state index contributed by atoms with van der Waals surface area (Å²) in [7, 11) is 0. The second-order valence-electron chi connectivity index (χ2n) is 5.13. The van der Waals surface area contributed by atoms with Crippen LogP contribution in [0.1, 0.15) is 20.8 Å². The van der Waals surface area contributed by atoms with Crippen molar-refractivity contribution in [1.29, 1.82) is 0 Å². The van der Waals surface area contributed by atoms with E-state index in [9.17, 15) is 9.59 Å². The summed E-state index contributed by atoms with van der Waals surface area (Å²) in [6.07, 6.45) is 1.57. The Morgan fingerprint density at radius 2 is 2.24 bits per heavy atom. The van der Waals surface area contributed by atoms with Gasteiger partial charge in [0.05, 0.1) is 5.57 Å². The van der Waals surface area contributed by atoms with Crippen molar-refractivity contribution in [1.82, 2.24) is 4.90 Å². The van der Waals surface area contributed by atoms with E-state index in [1.807, 2.05) is 20.8 Å². The molecule has 2 atom stereocenters. The number of ether oxygens (including phenoxy) is 1. The SMILES string of the molecule is CC(C)(C)OC(=O)C1=CN2C(=O)C(N)[C@H]2SC1. The summed E-state index contributed by atoms with van der Waals surface area (Å²) in [5, 5.41) is -0.0197. The van der Waals surface area contributed by atoms with Gasteiger partial charge in [-0.15, -0.1) is 11.8 Å². The molecule has 0 aromatic rings. The van der Waals surface area contributed by atoms with Gasteiger partial charge in [0.25, 0.3) is 0 Å². The summed E-state index contributed by atoms with van der Waals surface area (Å²) in [5.41, 5.74) is 5.64. The summed E-state index contributed by atoms with van der Waals surface area (Å²) in [5.74, 6) is 0.0387. The minimum atomic E-state index is -0.519. The maximum absolute atomic E-state index is 11.8. The summed E-state index contributed by atoms with van der Waals surface area (Å²) < 4.78 is 5.26. The Balaban J connectivity index is 2.07. The number of carbonyl (C=O) groups is 2. The summed E-state index contributed by atoms with van der Waals surface area (Å²) >= 11 is 1.50. The number of nitrogens with two attached hydrogens (primary N) is 1. The highest BCUT2D eigenvalue weighted by atomic mass is 32.2. The highest BCUT2D eigenvalue weighted by Crippen LogP contribution is 2.35. The predicted octanol–water partition coefficient (Wildman–Crippen LogP) is 0.454. The molecule has 94 valence electrons. The number of amides is 1. The van der Waals surface area contributed by atoms with Gasteiger partial charge in [0.1, 0.15) is 17.0 Å². The zero-order valence-electron chi connectivity index (χ0n) is 10.1. The van der Waals surface area contributed by atoms with Crippen LogP contribution in [0.5, 0.6) is 0 Å². The number of hydrogen-bond donors (Lipinski definition) is 1. The Labute approximate surface area is 104 Å². The van der Waals surface area contributed by atoms with E-state index in [2.05, 4.69) is 0 Å². The van der Waals surface area contributed by atoms with Crippen LogP contribution in [-0.2, 0) is 14.3 Å². The lowest BCUT2D eigenvalue weighted by Crippen LogP contribution is -2.66. The highest BCUT2D eigenvalue weighted by molar-refractivity contribution is 8.00. The van der Waals surface area contributed by atoms with Crippen LogP contribution in [-0.4, -0.2) is 39.5 Å². The van der Waals surface area contributed by atoms with E-state index < -0.39 is 11.6 Å². The fraction of sp³-hybridized carbons (Fsp3) is 0.636. The van der Waals surface area contributed by atoms with Gasteiger partial charge >= 0.3 is 5.97 Å². The standard InChI is InChI=1S/C11H16N2O3S/c1-11(2,3)16-10(15)6-4-13-8(14)7(12)9(13)17-5-6/h4,7,9H,5,12H2,1-3H3/t7?,9-/m1/s1. The molecule has 1 unspecified atom stereocenters. The minimum absolute atomic E-state index is 0.0197. The Bertz CT molecular complexity index is 400. The molecule has 2 rings (SSSR count). The van der Waals surface area contributed by atoms with Gasteiger partial charge in [-0.3, -0.25) is 4.79 Å². The predicted molar refractivity (Wildman–Crippen MR) is 65.0 cm³/mol. The van der Waals surface area contributed by atoms with Crippen molar-refractivity contribution in [3.63, 3.8) is 0 Å². The second kappa shape index (κ2) is 4.03. The zero-order chi connectivity index (χ0) is 12.8. The molecule has 1 fully saturated rings. The summed E-state index contributed by atoms with van der Waals surface area (Å²) in [6, 6.07) is -0.434. The van der Waals surface area contributed by atoms with Crippen LogP contribution in [0.4, 0.5) is 0 Å². The third kappa shape index (κ3) is 2.32. The molecule has 0 bridgehead atoms. The van der Waals surface area contributed by atoms with Crippen LogP contribution < -0.4 is 5.73 Å². The van der Waals surface area contributed by atoms with Crippen LogP contribution in [0.25, 0.3) is 0 Å². The molecule has 0 aromatic heterocycles. The van der Waals surface area contributed by atoms with Gasteiger partial charge < -0.3 is 15.4 Å². The topological polar surface area (TPSA) is 72.6 Å². The molecule has 2 heterocycles. The molecule has 0 aliphatic carbocycles. The fourth-order valence-corrected chi connectivity index (χ4v) is 2.86. The monoisotopic (exact) mass is 256 g/mol. The second-order valence-corrected chi connectivity index (χ2v) is 6.23. The quantitative estimate of drug-likeness (QED) is 0.545. The number of fused-ring (bicyclic) bond motifs is 1. The number of rotatable bonds is 1. The van der Waals surface area contributed by atoms with Crippen molar-refractivity contribution in [2.75, 3.05) is 5.75 Å². The van der Waals surface area contributed by atoms with E-state index in [-0.39, 0.29) is 17.3 Å². The number of β-lactam (4-membered cyclic amide) rings is 1. The third-order valence-corrected chi connectivity index (χ3v) is 3.83. The smallest absolute Gasteiger partial charge is 0.336 e. The molecule has 17 heavy (non-hydrogen) atoms. The number of carbonyl (C=O) groups excluding carboxylic acids is 2. The maximum atomic E-state index is 11.8. The van der Waals surface area contributed by atoms with Crippen molar-refractivity contribution in [3.05, 3.63) is 11.8 Å². The Morgan fingerprint density at radius 1 is 1.59 bits per heavy atom. The minimum Gasteiger partial charge on any atom is -0.457 e. The zero-order valence-corrected chi connectivity index (χ0v) is 10.9. The largest absolute Gasteiger partial charge is 0.457 e. The third-order valence-electron chi connectivity index (χ3n) is 2.49. The van der Waals surface area contributed by atoms with Crippen LogP contribution in [0.2, 0.25) is 0 Å². The van der Waals surface area contributed by atoms with E-state index in [0.29, 0.717) is 11.3 Å². The first-order valence-corrected chi connectivity index (χ1v) is 6.48. The van der Waals surface area contributed by atoms with E-state index >= 15 is 0 Å². The maximum Gasteiger partial charge on any atom is 0.336 e. The van der Waals surface area contributed by atoms with Gasteiger partial charge in [-0.25, -0.2) is 4.79 Å². The van der Waals surface area contributed by atoms with E-state index in [0.717, 1.165) is 0 Å². The van der Waals surface area contributed by atoms with E-state index in [4.69, 9.17) is 10.5 Å². The van der Waals surface area contributed by atoms with E-state index in [1.165, 1.54) is 16.7 Å². The average Bonchev–Trinajstić information content (AvgIpc) is 2.24. The van der Waals surface area contributed by atoms with Crippen molar-refractivity contribution < 1.29 is 14.3 Å². The molecule has 5 nitrogen and oxygen atoms in total.